The molecule has 0 radical (unpaired) electrons. The van der Waals surface area contributed by atoms with Crippen molar-refractivity contribution in [2.24, 2.45) is 0 Å². The molecule has 0 spiro atoms. The maximum atomic E-state index is 5.47. The van der Waals surface area contributed by atoms with Crippen LogP contribution in [0.1, 0.15) is 35.6 Å². The van der Waals surface area contributed by atoms with E-state index in [4.69, 9.17) is 13.8 Å². The van der Waals surface area contributed by atoms with Gasteiger partial charge in [0.1, 0.15) is 5.76 Å². The summed E-state index contributed by atoms with van der Waals surface area (Å²) in [4.78, 5) is 6.57. The van der Waals surface area contributed by atoms with Crippen LogP contribution in [0.25, 0.3) is 0 Å². The highest BCUT2D eigenvalue weighted by molar-refractivity contribution is 5.06. The van der Waals surface area contributed by atoms with Crippen LogP contribution >= 0.6 is 0 Å². The van der Waals surface area contributed by atoms with Crippen molar-refractivity contribution in [3.05, 3.63) is 29.2 Å². The van der Waals surface area contributed by atoms with E-state index in [1.165, 1.54) is 0 Å². The Kier molecular flexibility index (Phi) is 3.54. The molecule has 108 valence electrons. The van der Waals surface area contributed by atoms with Gasteiger partial charge in [-0.15, -0.1) is 0 Å². The lowest BCUT2D eigenvalue weighted by Gasteiger charge is -2.19. The van der Waals surface area contributed by atoms with E-state index in [1.54, 1.807) is 7.11 Å². The zero-order valence-corrected chi connectivity index (χ0v) is 11.9. The maximum absolute atomic E-state index is 5.47. The van der Waals surface area contributed by atoms with Crippen LogP contribution in [-0.4, -0.2) is 40.0 Å². The lowest BCUT2D eigenvalue weighted by atomic mass is 10.2. The predicted molar refractivity (Wildman–Crippen MR) is 68.8 cm³/mol. The Labute approximate surface area is 116 Å². The minimum Gasteiger partial charge on any atom is -0.380 e. The number of hydrogen-bond donors (Lipinski definition) is 0. The smallest absolute Gasteiger partial charge is 0.244 e. The summed E-state index contributed by atoms with van der Waals surface area (Å²) < 4.78 is 15.9. The molecule has 1 aliphatic heterocycles. The third-order valence-electron chi connectivity index (χ3n) is 3.57. The molecule has 7 nitrogen and oxygen atoms in total. The number of aromatic nitrogens is 3. The minimum absolute atomic E-state index is 0.0677. The summed E-state index contributed by atoms with van der Waals surface area (Å²) in [7, 11) is 1.73. The van der Waals surface area contributed by atoms with E-state index in [0.717, 1.165) is 24.4 Å². The van der Waals surface area contributed by atoms with Gasteiger partial charge in [-0.05, 0) is 20.3 Å². The van der Waals surface area contributed by atoms with Crippen LogP contribution in [0.2, 0.25) is 0 Å². The number of likely N-dealkylation sites (tertiary alicyclic amines) is 1. The van der Waals surface area contributed by atoms with Gasteiger partial charge in [0.25, 0.3) is 0 Å². The Morgan fingerprint density at radius 1 is 1.35 bits per heavy atom. The van der Waals surface area contributed by atoms with E-state index in [0.29, 0.717) is 18.3 Å². The van der Waals surface area contributed by atoms with E-state index in [-0.39, 0.29) is 12.1 Å². The van der Waals surface area contributed by atoms with Crippen LogP contribution in [0.15, 0.2) is 15.1 Å². The molecule has 0 saturated carbocycles. The molecule has 3 rings (SSSR count). The van der Waals surface area contributed by atoms with Crippen LogP contribution < -0.4 is 0 Å². The zero-order chi connectivity index (χ0) is 14.1. The van der Waals surface area contributed by atoms with Crippen molar-refractivity contribution < 1.29 is 13.8 Å². The van der Waals surface area contributed by atoms with Gasteiger partial charge in [-0.1, -0.05) is 10.3 Å². The summed E-state index contributed by atoms with van der Waals surface area (Å²) in [5.74, 6) is 2.10. The first-order valence-corrected chi connectivity index (χ1v) is 6.65. The fourth-order valence-electron chi connectivity index (χ4n) is 2.61. The summed E-state index contributed by atoms with van der Waals surface area (Å²) in [6.45, 7) is 5.20. The summed E-state index contributed by atoms with van der Waals surface area (Å²) in [5.41, 5.74) is 0.903. The number of aryl methyl sites for hydroxylation is 2. The number of hydrogen-bond acceptors (Lipinski definition) is 7. The second-order valence-corrected chi connectivity index (χ2v) is 5.15. The summed E-state index contributed by atoms with van der Waals surface area (Å²) in [6.07, 6.45) is 1.01. The molecule has 0 amide bonds. The molecule has 1 aliphatic rings. The molecule has 1 fully saturated rings. The van der Waals surface area contributed by atoms with Gasteiger partial charge in [-0.3, -0.25) is 4.90 Å². The van der Waals surface area contributed by atoms with Crippen LogP contribution in [-0.2, 0) is 11.3 Å². The third kappa shape index (κ3) is 2.59. The molecule has 0 bridgehead atoms. The van der Waals surface area contributed by atoms with Crippen molar-refractivity contribution in [2.45, 2.75) is 39.0 Å². The highest BCUT2D eigenvalue weighted by Crippen LogP contribution is 2.33. The van der Waals surface area contributed by atoms with Crippen LogP contribution in [0.4, 0.5) is 0 Å². The summed E-state index contributed by atoms with van der Waals surface area (Å²) in [6, 6.07) is 2.01. The van der Waals surface area contributed by atoms with Crippen molar-refractivity contribution in [1.82, 2.24) is 20.2 Å². The van der Waals surface area contributed by atoms with Crippen LogP contribution in [0.5, 0.6) is 0 Å². The fourth-order valence-corrected chi connectivity index (χ4v) is 2.61. The first-order chi connectivity index (χ1) is 9.65. The van der Waals surface area contributed by atoms with Gasteiger partial charge in [-0.2, -0.15) is 4.98 Å². The predicted octanol–water partition coefficient (Wildman–Crippen LogP) is 1.64. The zero-order valence-electron chi connectivity index (χ0n) is 11.9. The normalized spacial score (nSPS) is 23.6. The minimum atomic E-state index is 0.0677. The van der Waals surface area contributed by atoms with Crippen molar-refractivity contribution >= 4 is 0 Å². The number of methoxy groups -OCH3 is 1. The maximum Gasteiger partial charge on any atom is 0.244 e. The second kappa shape index (κ2) is 5.34. The van der Waals surface area contributed by atoms with Gasteiger partial charge in [0, 0.05) is 26.3 Å². The van der Waals surface area contributed by atoms with Gasteiger partial charge in [0.15, 0.2) is 5.82 Å². The second-order valence-electron chi connectivity index (χ2n) is 5.15. The molecule has 7 heteroatoms. The molecule has 0 unspecified atom stereocenters. The summed E-state index contributed by atoms with van der Waals surface area (Å²) >= 11 is 0. The average molecular weight is 278 g/mol. The highest BCUT2D eigenvalue weighted by Gasteiger charge is 2.37. The molecule has 0 aliphatic carbocycles. The van der Waals surface area contributed by atoms with Crippen LogP contribution in [0, 0.1) is 13.8 Å². The van der Waals surface area contributed by atoms with Gasteiger partial charge >= 0.3 is 0 Å². The first kappa shape index (κ1) is 13.3. The summed E-state index contributed by atoms with van der Waals surface area (Å²) in [5, 5.41) is 7.91. The third-order valence-corrected chi connectivity index (χ3v) is 3.57. The number of rotatable bonds is 4. The molecule has 20 heavy (non-hydrogen) atoms. The van der Waals surface area contributed by atoms with Gasteiger partial charge in [0.2, 0.25) is 5.89 Å². The monoisotopic (exact) mass is 278 g/mol. The SMILES string of the molecule is CO[C@@H]1C[C@H](c2nc(C)no2)N(Cc2cc(C)on2)C1. The molecular formula is C13H18N4O3. The molecule has 3 heterocycles. The molecule has 0 N–H and O–H groups in total. The van der Waals surface area contributed by atoms with E-state index in [9.17, 15) is 0 Å². The quantitative estimate of drug-likeness (QED) is 0.841. The first-order valence-electron chi connectivity index (χ1n) is 6.65. The topological polar surface area (TPSA) is 77.4 Å². The van der Waals surface area contributed by atoms with Crippen LogP contribution in [0.3, 0.4) is 0 Å². The standard InChI is InChI=1S/C13H18N4O3/c1-8-4-10(16-19-8)6-17-7-11(18-3)5-12(17)13-14-9(2)15-20-13/h4,11-12H,5-7H2,1-3H3/t11-,12-/m1/s1. The highest BCUT2D eigenvalue weighted by atomic mass is 16.5. The number of nitrogens with zero attached hydrogens (tertiary/aromatic N) is 4. The lowest BCUT2D eigenvalue weighted by molar-refractivity contribution is 0.107. The molecule has 1 saturated heterocycles. The molecular weight excluding hydrogens is 260 g/mol. The Bertz CT molecular complexity index is 580. The van der Waals surface area contributed by atoms with E-state index in [1.807, 2.05) is 19.9 Å². The van der Waals surface area contributed by atoms with Gasteiger partial charge in [-0.25, -0.2) is 0 Å². The Hall–Kier alpha value is -1.73. The van der Waals surface area contributed by atoms with E-state index < -0.39 is 0 Å². The van der Waals surface area contributed by atoms with E-state index >= 15 is 0 Å². The van der Waals surface area contributed by atoms with Crippen molar-refractivity contribution in [1.29, 1.82) is 0 Å². The largest absolute Gasteiger partial charge is 0.380 e. The molecule has 2 atom stereocenters. The number of ether oxygens (including phenoxy) is 1. The fraction of sp³-hybridized carbons (Fsp3) is 0.615. The van der Waals surface area contributed by atoms with Crippen molar-refractivity contribution in [3.8, 4) is 0 Å². The lowest BCUT2D eigenvalue weighted by Crippen LogP contribution is -2.25. The Balaban J connectivity index is 1.79. The molecule has 2 aromatic rings. The molecule has 2 aromatic heterocycles. The molecule has 0 aromatic carbocycles. The van der Waals surface area contributed by atoms with Crippen molar-refractivity contribution in [3.63, 3.8) is 0 Å². The average Bonchev–Trinajstić information content (AvgIpc) is 3.11. The van der Waals surface area contributed by atoms with Gasteiger partial charge < -0.3 is 13.8 Å². The van der Waals surface area contributed by atoms with Crippen molar-refractivity contribution in [2.75, 3.05) is 13.7 Å². The van der Waals surface area contributed by atoms with E-state index in [2.05, 4.69) is 20.2 Å². The Morgan fingerprint density at radius 2 is 2.20 bits per heavy atom. The van der Waals surface area contributed by atoms with Gasteiger partial charge in [0.05, 0.1) is 17.8 Å². The Morgan fingerprint density at radius 3 is 2.80 bits per heavy atom.